The zero-order chi connectivity index (χ0) is 20.1. The molecule has 3 rings (SSSR count). The average molecular weight is 398 g/mol. The molecule has 8 heteroatoms. The first-order valence-electron chi connectivity index (χ1n) is 8.68. The second-order valence-corrected chi connectivity index (χ2v) is 7.32. The number of nitrogens with one attached hydrogen (secondary N) is 1. The number of rotatable bonds is 7. The number of hydrogen-bond donors (Lipinski definition) is 1. The third-order valence-electron chi connectivity index (χ3n) is 4.20. The Labute approximate surface area is 168 Å². The number of hydrogen-bond acceptors (Lipinski definition) is 6. The fourth-order valence-corrected chi connectivity index (χ4v) is 3.49. The van der Waals surface area contributed by atoms with Gasteiger partial charge in [0.25, 0.3) is 0 Å². The van der Waals surface area contributed by atoms with Crippen LogP contribution in [0.5, 0.6) is 11.5 Å². The van der Waals surface area contributed by atoms with E-state index in [1.54, 1.807) is 26.4 Å². The third kappa shape index (κ3) is 4.12. The number of carbonyl (C=O) groups excluding carboxylic acids is 1. The van der Waals surface area contributed by atoms with E-state index in [-0.39, 0.29) is 11.2 Å². The molecule has 0 saturated carbocycles. The smallest absolute Gasteiger partial charge is 0.237 e. The molecule has 1 atom stereocenters. The van der Waals surface area contributed by atoms with Gasteiger partial charge in [0.05, 0.1) is 30.7 Å². The molecular formula is C20H22N4O3S. The molecule has 0 aliphatic heterocycles. The molecule has 3 aromatic rings. The highest BCUT2D eigenvalue weighted by atomic mass is 32.2. The third-order valence-corrected chi connectivity index (χ3v) is 5.33. The summed E-state index contributed by atoms with van der Waals surface area (Å²) in [4.78, 5) is 12.6. The van der Waals surface area contributed by atoms with E-state index in [4.69, 9.17) is 9.47 Å². The zero-order valence-electron chi connectivity index (χ0n) is 16.2. The normalized spacial score (nSPS) is 11.7. The van der Waals surface area contributed by atoms with Gasteiger partial charge in [-0.25, -0.2) is 0 Å². The van der Waals surface area contributed by atoms with E-state index >= 15 is 0 Å². The molecule has 0 unspecified atom stereocenters. The zero-order valence-corrected chi connectivity index (χ0v) is 17.0. The fraction of sp³-hybridized carbons (Fsp3) is 0.250. The fourth-order valence-electron chi connectivity index (χ4n) is 2.68. The van der Waals surface area contributed by atoms with E-state index in [1.165, 1.54) is 11.8 Å². The van der Waals surface area contributed by atoms with E-state index < -0.39 is 0 Å². The van der Waals surface area contributed by atoms with Crippen molar-refractivity contribution in [3.8, 4) is 22.9 Å². The van der Waals surface area contributed by atoms with Gasteiger partial charge in [0.2, 0.25) is 5.91 Å². The second-order valence-electron chi connectivity index (χ2n) is 6.02. The van der Waals surface area contributed by atoms with E-state index in [0.29, 0.717) is 22.4 Å². The average Bonchev–Trinajstić information content (AvgIpc) is 3.08. The van der Waals surface area contributed by atoms with E-state index in [0.717, 1.165) is 11.3 Å². The van der Waals surface area contributed by atoms with Gasteiger partial charge in [-0.05, 0) is 31.2 Å². The number of amides is 1. The Hall–Kier alpha value is -3.00. The van der Waals surface area contributed by atoms with Crippen LogP contribution < -0.4 is 14.8 Å². The Morgan fingerprint density at radius 1 is 1.04 bits per heavy atom. The van der Waals surface area contributed by atoms with Crippen molar-refractivity contribution in [1.82, 2.24) is 14.8 Å². The molecule has 1 aromatic heterocycles. The molecule has 1 amide bonds. The molecule has 1 heterocycles. The van der Waals surface area contributed by atoms with Gasteiger partial charge in [-0.1, -0.05) is 36.0 Å². The van der Waals surface area contributed by atoms with Crippen molar-refractivity contribution in [2.24, 2.45) is 7.05 Å². The summed E-state index contributed by atoms with van der Waals surface area (Å²) in [6.45, 7) is 1.83. The molecule has 7 nitrogen and oxygen atoms in total. The first-order chi connectivity index (χ1) is 13.5. The quantitative estimate of drug-likeness (QED) is 0.613. The molecule has 146 valence electrons. The summed E-state index contributed by atoms with van der Waals surface area (Å²) in [5.41, 5.74) is 1.48. The number of carbonyl (C=O) groups is 1. The van der Waals surface area contributed by atoms with Gasteiger partial charge < -0.3 is 19.4 Å². The summed E-state index contributed by atoms with van der Waals surface area (Å²) in [5, 5.41) is 11.7. The summed E-state index contributed by atoms with van der Waals surface area (Å²) >= 11 is 1.34. The van der Waals surface area contributed by atoms with E-state index in [2.05, 4.69) is 15.5 Å². The van der Waals surface area contributed by atoms with Crippen LogP contribution in [0.2, 0.25) is 0 Å². The Morgan fingerprint density at radius 3 is 2.39 bits per heavy atom. The molecule has 0 spiro atoms. The Bertz CT molecular complexity index is 974. The molecule has 0 saturated heterocycles. The van der Waals surface area contributed by atoms with Gasteiger partial charge in [-0.15, -0.1) is 10.2 Å². The molecule has 28 heavy (non-hydrogen) atoms. The minimum absolute atomic E-state index is 0.142. The highest BCUT2D eigenvalue weighted by Crippen LogP contribution is 2.31. The Morgan fingerprint density at radius 2 is 1.68 bits per heavy atom. The Balaban J connectivity index is 1.75. The van der Waals surface area contributed by atoms with Crippen molar-refractivity contribution >= 4 is 23.4 Å². The molecule has 2 aromatic carbocycles. The van der Waals surface area contributed by atoms with Gasteiger partial charge in [0.1, 0.15) is 11.5 Å². The predicted octanol–water partition coefficient (Wildman–Crippen LogP) is 3.62. The Kier molecular flexibility index (Phi) is 6.20. The topological polar surface area (TPSA) is 78.3 Å². The number of ether oxygens (including phenoxy) is 2. The van der Waals surface area contributed by atoms with Gasteiger partial charge in [-0.2, -0.15) is 0 Å². The van der Waals surface area contributed by atoms with Crippen LogP contribution in [0.25, 0.3) is 11.4 Å². The van der Waals surface area contributed by atoms with Crippen molar-refractivity contribution in [2.45, 2.75) is 17.3 Å². The SMILES string of the molecule is COc1ccccc1NC(=O)[C@@H](C)Sc1nnc(-c2ccccc2OC)n1C. The number of thioether (sulfide) groups is 1. The van der Waals surface area contributed by atoms with Gasteiger partial charge in [0, 0.05) is 7.05 Å². The molecular weight excluding hydrogens is 376 g/mol. The number of aromatic nitrogens is 3. The van der Waals surface area contributed by atoms with Crippen molar-refractivity contribution in [3.05, 3.63) is 48.5 Å². The summed E-state index contributed by atoms with van der Waals surface area (Å²) in [7, 11) is 5.06. The lowest BCUT2D eigenvalue weighted by Crippen LogP contribution is -2.23. The number of para-hydroxylation sites is 3. The molecule has 0 radical (unpaired) electrons. The minimum atomic E-state index is -0.377. The number of nitrogens with zero attached hydrogens (tertiary/aromatic N) is 3. The predicted molar refractivity (Wildman–Crippen MR) is 110 cm³/mol. The number of methoxy groups -OCH3 is 2. The van der Waals surface area contributed by atoms with Crippen LogP contribution in [0, 0.1) is 0 Å². The maximum Gasteiger partial charge on any atom is 0.237 e. The summed E-state index contributed by atoms with van der Waals surface area (Å²) in [5.74, 6) is 1.87. The van der Waals surface area contributed by atoms with Crippen LogP contribution >= 0.6 is 11.8 Å². The summed E-state index contributed by atoms with van der Waals surface area (Å²) in [6, 6.07) is 14.9. The maximum atomic E-state index is 12.6. The van der Waals surface area contributed by atoms with Crippen LogP contribution in [-0.2, 0) is 11.8 Å². The lowest BCUT2D eigenvalue weighted by Gasteiger charge is -2.14. The van der Waals surface area contributed by atoms with Crippen molar-refractivity contribution < 1.29 is 14.3 Å². The second kappa shape index (κ2) is 8.79. The first-order valence-corrected chi connectivity index (χ1v) is 9.56. The highest BCUT2D eigenvalue weighted by Gasteiger charge is 2.21. The van der Waals surface area contributed by atoms with Crippen LogP contribution in [-0.4, -0.2) is 40.1 Å². The highest BCUT2D eigenvalue weighted by molar-refractivity contribution is 8.00. The van der Waals surface area contributed by atoms with Crippen molar-refractivity contribution in [3.63, 3.8) is 0 Å². The minimum Gasteiger partial charge on any atom is -0.496 e. The van der Waals surface area contributed by atoms with Gasteiger partial charge in [0.15, 0.2) is 11.0 Å². The maximum absolute atomic E-state index is 12.6. The monoisotopic (exact) mass is 398 g/mol. The molecule has 0 aliphatic carbocycles. The lowest BCUT2D eigenvalue weighted by atomic mass is 10.2. The molecule has 0 fully saturated rings. The van der Waals surface area contributed by atoms with Crippen molar-refractivity contribution in [1.29, 1.82) is 0 Å². The molecule has 1 N–H and O–H groups in total. The van der Waals surface area contributed by atoms with Crippen LogP contribution in [0.1, 0.15) is 6.92 Å². The van der Waals surface area contributed by atoms with Crippen LogP contribution in [0.4, 0.5) is 5.69 Å². The van der Waals surface area contributed by atoms with E-state index in [9.17, 15) is 4.79 Å². The summed E-state index contributed by atoms with van der Waals surface area (Å²) < 4.78 is 12.5. The summed E-state index contributed by atoms with van der Waals surface area (Å²) in [6.07, 6.45) is 0. The standard InChI is InChI=1S/C20H22N4O3S/c1-13(19(25)21-15-10-6-8-12-17(15)27-4)28-20-23-22-18(24(20)2)14-9-5-7-11-16(14)26-3/h5-13H,1-4H3,(H,21,25)/t13-/m1/s1. The van der Waals surface area contributed by atoms with E-state index in [1.807, 2.05) is 54.9 Å². The van der Waals surface area contributed by atoms with Gasteiger partial charge in [-0.3, -0.25) is 4.79 Å². The number of benzene rings is 2. The lowest BCUT2D eigenvalue weighted by molar-refractivity contribution is -0.115. The molecule has 0 aliphatic rings. The van der Waals surface area contributed by atoms with Gasteiger partial charge >= 0.3 is 0 Å². The molecule has 0 bridgehead atoms. The van der Waals surface area contributed by atoms with Crippen molar-refractivity contribution in [2.75, 3.05) is 19.5 Å². The van der Waals surface area contributed by atoms with Crippen LogP contribution in [0.15, 0.2) is 53.7 Å². The number of anilines is 1. The van der Waals surface area contributed by atoms with Crippen LogP contribution in [0.3, 0.4) is 0 Å². The largest absolute Gasteiger partial charge is 0.496 e. The first kappa shape index (κ1) is 19.8.